The molecule has 0 bridgehead atoms. The monoisotopic (exact) mass is 480 g/mol. The van der Waals surface area contributed by atoms with Gasteiger partial charge in [-0.05, 0) is 164 Å². The molecule has 35 heavy (non-hydrogen) atoms. The summed E-state index contributed by atoms with van der Waals surface area (Å²) >= 11 is 0. The standard InChI is InChI=1S/C33H52O2/c1-23(2)26(6)34-21-30-12-8-28(9-13-30)19-32-16-17-33(25(5)18-32)20-29-10-14-31(15-11-29)22-35-27(7)24(3)4/h16-18,28-31H,8-15,19-22H2,1-7H3. The number of hydrogen-bond acceptors (Lipinski definition) is 2. The first-order valence-electron chi connectivity index (χ1n) is 14.3. The molecule has 1 aromatic rings. The summed E-state index contributed by atoms with van der Waals surface area (Å²) in [6.45, 7) is 16.9. The molecule has 0 radical (unpaired) electrons. The minimum absolute atomic E-state index is 0.738. The normalized spacial score (nSPS) is 24.5. The van der Waals surface area contributed by atoms with Crippen molar-refractivity contribution in [1.29, 1.82) is 0 Å². The van der Waals surface area contributed by atoms with Crippen LogP contribution in [0.5, 0.6) is 0 Å². The van der Waals surface area contributed by atoms with E-state index in [4.69, 9.17) is 9.47 Å². The summed E-state index contributed by atoms with van der Waals surface area (Å²) in [6, 6.07) is 7.36. The number of hydrogen-bond donors (Lipinski definition) is 0. The molecule has 2 aliphatic carbocycles. The van der Waals surface area contributed by atoms with Gasteiger partial charge in [0.1, 0.15) is 0 Å². The van der Waals surface area contributed by atoms with Gasteiger partial charge in [-0.2, -0.15) is 0 Å². The van der Waals surface area contributed by atoms with Crippen LogP contribution in [0.2, 0.25) is 0 Å². The third-order valence-electron chi connectivity index (χ3n) is 8.85. The zero-order chi connectivity index (χ0) is 25.4. The summed E-state index contributed by atoms with van der Waals surface area (Å²) in [7, 11) is 0. The number of benzene rings is 1. The molecule has 0 aliphatic heterocycles. The van der Waals surface area contributed by atoms with E-state index in [1.165, 1.54) is 80.9 Å². The highest BCUT2D eigenvalue weighted by atomic mass is 16.5. The van der Waals surface area contributed by atoms with Crippen molar-refractivity contribution in [2.75, 3.05) is 13.2 Å². The Morgan fingerprint density at radius 2 is 1.06 bits per heavy atom. The van der Waals surface area contributed by atoms with E-state index in [2.05, 4.69) is 66.7 Å². The first kappa shape index (κ1) is 27.9. The molecular weight excluding hydrogens is 428 g/mol. The van der Waals surface area contributed by atoms with E-state index >= 15 is 0 Å². The van der Waals surface area contributed by atoms with Gasteiger partial charge in [-0.15, -0.1) is 0 Å². The maximum atomic E-state index is 6.00. The summed E-state index contributed by atoms with van der Waals surface area (Å²) in [5.74, 6) is 5.38. The van der Waals surface area contributed by atoms with Crippen LogP contribution in [0.3, 0.4) is 0 Å². The Balaban J connectivity index is 1.40. The van der Waals surface area contributed by atoms with Gasteiger partial charge in [0, 0.05) is 0 Å². The molecule has 0 N–H and O–H groups in total. The summed E-state index contributed by atoms with van der Waals surface area (Å²) in [4.78, 5) is 0. The molecule has 3 rings (SSSR count). The molecule has 196 valence electrons. The molecule has 0 saturated heterocycles. The van der Waals surface area contributed by atoms with Crippen molar-refractivity contribution < 1.29 is 9.47 Å². The molecular formula is C33H52O2. The quantitative estimate of drug-likeness (QED) is 0.311. The fraction of sp³-hybridized carbons (Fsp3) is 0.697. The van der Waals surface area contributed by atoms with Crippen LogP contribution in [0.4, 0.5) is 0 Å². The van der Waals surface area contributed by atoms with E-state index in [-0.39, 0.29) is 0 Å². The van der Waals surface area contributed by atoms with Crippen molar-refractivity contribution in [2.45, 2.75) is 113 Å². The molecule has 2 heteroatoms. The highest BCUT2D eigenvalue weighted by molar-refractivity contribution is 5.32. The van der Waals surface area contributed by atoms with Crippen LogP contribution in [0.25, 0.3) is 0 Å². The summed E-state index contributed by atoms with van der Waals surface area (Å²) in [5, 5.41) is 0. The lowest BCUT2D eigenvalue weighted by Crippen LogP contribution is -2.20. The van der Waals surface area contributed by atoms with Crippen LogP contribution in [0.15, 0.2) is 40.9 Å². The third kappa shape index (κ3) is 9.03. The Kier molecular flexibility index (Phi) is 10.8. The Morgan fingerprint density at radius 1 is 0.629 bits per heavy atom. The molecule has 0 heterocycles. The molecule has 0 spiro atoms. The van der Waals surface area contributed by atoms with Gasteiger partial charge in [-0.1, -0.05) is 18.2 Å². The van der Waals surface area contributed by atoms with E-state index in [0.717, 1.165) is 48.4 Å². The Hall–Kier alpha value is -1.70. The largest absolute Gasteiger partial charge is 0.498 e. The Bertz CT molecular complexity index is 853. The van der Waals surface area contributed by atoms with Crippen LogP contribution in [0.1, 0.15) is 110 Å². The third-order valence-corrected chi connectivity index (χ3v) is 8.85. The number of rotatable bonds is 10. The minimum atomic E-state index is 0.738. The first-order valence-corrected chi connectivity index (χ1v) is 14.3. The second-order valence-corrected chi connectivity index (χ2v) is 12.2. The van der Waals surface area contributed by atoms with E-state index in [1.807, 2.05) is 0 Å². The zero-order valence-electron chi connectivity index (χ0n) is 23.8. The van der Waals surface area contributed by atoms with Gasteiger partial charge in [0.15, 0.2) is 0 Å². The first-order chi connectivity index (χ1) is 16.7. The van der Waals surface area contributed by atoms with Gasteiger partial charge in [0.2, 0.25) is 0 Å². The average Bonchev–Trinajstić information content (AvgIpc) is 2.84. The summed E-state index contributed by atoms with van der Waals surface area (Å²) < 4.78 is 12.0. The minimum Gasteiger partial charge on any atom is -0.498 e. The van der Waals surface area contributed by atoms with E-state index in [0.29, 0.717) is 0 Å². The van der Waals surface area contributed by atoms with E-state index < -0.39 is 0 Å². The molecule has 2 aliphatic rings. The maximum absolute atomic E-state index is 6.00. The molecule has 0 aromatic heterocycles. The van der Waals surface area contributed by atoms with Gasteiger partial charge in [-0.3, -0.25) is 0 Å². The van der Waals surface area contributed by atoms with Crippen molar-refractivity contribution >= 4 is 0 Å². The predicted octanol–water partition coefficient (Wildman–Crippen LogP) is 9.35. The van der Waals surface area contributed by atoms with Crippen LogP contribution in [0, 0.1) is 30.6 Å². The highest BCUT2D eigenvalue weighted by Crippen LogP contribution is 2.34. The molecule has 2 fully saturated rings. The lowest BCUT2D eigenvalue weighted by molar-refractivity contribution is 0.127. The second kappa shape index (κ2) is 13.6. The van der Waals surface area contributed by atoms with Crippen LogP contribution in [-0.2, 0) is 22.3 Å². The lowest BCUT2D eigenvalue weighted by Gasteiger charge is -2.30. The second-order valence-electron chi connectivity index (χ2n) is 12.2. The molecule has 0 unspecified atom stereocenters. The molecule has 2 saturated carbocycles. The van der Waals surface area contributed by atoms with Gasteiger partial charge < -0.3 is 9.47 Å². The number of ether oxygens (including phenoxy) is 2. The van der Waals surface area contributed by atoms with E-state index in [9.17, 15) is 0 Å². The number of allylic oxidation sites excluding steroid dienone is 4. The van der Waals surface area contributed by atoms with E-state index in [1.54, 1.807) is 11.1 Å². The van der Waals surface area contributed by atoms with Crippen LogP contribution < -0.4 is 0 Å². The Morgan fingerprint density at radius 3 is 1.49 bits per heavy atom. The van der Waals surface area contributed by atoms with Gasteiger partial charge >= 0.3 is 0 Å². The maximum Gasteiger partial charge on any atom is 0.0915 e. The Labute approximate surface area is 216 Å². The highest BCUT2D eigenvalue weighted by Gasteiger charge is 2.24. The van der Waals surface area contributed by atoms with Crippen molar-refractivity contribution in [3.63, 3.8) is 0 Å². The SMILES string of the molecule is CC(C)=C(C)OCC1CCC(Cc2ccc(CC3CCC(COC(C)=C(C)C)CC3)c(C)c2)CC1. The lowest BCUT2D eigenvalue weighted by atomic mass is 9.78. The van der Waals surface area contributed by atoms with Crippen molar-refractivity contribution in [1.82, 2.24) is 0 Å². The van der Waals surface area contributed by atoms with Crippen molar-refractivity contribution in [3.8, 4) is 0 Å². The van der Waals surface area contributed by atoms with Gasteiger partial charge in [0.05, 0.1) is 24.7 Å². The van der Waals surface area contributed by atoms with Crippen molar-refractivity contribution in [3.05, 3.63) is 57.6 Å². The summed E-state index contributed by atoms with van der Waals surface area (Å²) in [5.41, 5.74) is 7.22. The van der Waals surface area contributed by atoms with Crippen molar-refractivity contribution in [2.24, 2.45) is 23.7 Å². The predicted molar refractivity (Wildman–Crippen MR) is 149 cm³/mol. The van der Waals surface area contributed by atoms with Crippen LogP contribution >= 0.6 is 0 Å². The molecule has 0 atom stereocenters. The smallest absolute Gasteiger partial charge is 0.0915 e. The van der Waals surface area contributed by atoms with Gasteiger partial charge in [0.25, 0.3) is 0 Å². The number of aryl methyl sites for hydroxylation is 1. The zero-order valence-corrected chi connectivity index (χ0v) is 23.8. The summed E-state index contributed by atoms with van der Waals surface area (Å²) in [6.07, 6.45) is 13.2. The average molecular weight is 481 g/mol. The molecule has 1 aromatic carbocycles. The fourth-order valence-corrected chi connectivity index (χ4v) is 5.74. The van der Waals surface area contributed by atoms with Crippen LogP contribution in [-0.4, -0.2) is 13.2 Å². The van der Waals surface area contributed by atoms with Gasteiger partial charge in [-0.25, -0.2) is 0 Å². The topological polar surface area (TPSA) is 18.5 Å². The molecule has 0 amide bonds. The fourth-order valence-electron chi connectivity index (χ4n) is 5.74. The molecule has 2 nitrogen and oxygen atoms in total.